The molecule has 2 rings (SSSR count). The molecular formula is C9H14O6. The second kappa shape index (κ2) is 3.41. The Morgan fingerprint density at radius 1 is 1.33 bits per heavy atom. The number of ether oxygens (including phenoxy) is 3. The van der Waals surface area contributed by atoms with E-state index in [4.69, 9.17) is 14.2 Å². The number of carbonyl (C=O) groups excluding carboxylic acids is 1. The number of hydrogen-bond acceptors (Lipinski definition) is 6. The fraction of sp³-hybridized carbons (Fsp3) is 0.889. The fourth-order valence-electron chi connectivity index (χ4n) is 1.79. The molecule has 2 fully saturated rings. The average molecular weight is 218 g/mol. The molecule has 0 bridgehead atoms. The summed E-state index contributed by atoms with van der Waals surface area (Å²) in [5.74, 6) is -1.56. The maximum absolute atomic E-state index is 11.4. The van der Waals surface area contributed by atoms with Crippen molar-refractivity contribution in [3.05, 3.63) is 0 Å². The molecule has 4 atom stereocenters. The molecule has 0 aromatic carbocycles. The summed E-state index contributed by atoms with van der Waals surface area (Å²) in [6.45, 7) is 3.03. The molecule has 0 aromatic heterocycles. The van der Waals surface area contributed by atoms with Crippen molar-refractivity contribution < 1.29 is 29.2 Å². The Bertz CT molecular complexity index is 276. The number of hydrogen-bond donors (Lipinski definition) is 2. The Labute approximate surface area is 86.7 Å². The van der Waals surface area contributed by atoms with Crippen molar-refractivity contribution in [2.45, 2.75) is 44.1 Å². The first-order valence-corrected chi connectivity index (χ1v) is 4.79. The van der Waals surface area contributed by atoms with E-state index in [-0.39, 0.29) is 6.61 Å². The summed E-state index contributed by atoms with van der Waals surface area (Å²) < 4.78 is 15.4. The van der Waals surface area contributed by atoms with Crippen LogP contribution in [-0.2, 0) is 19.0 Å². The lowest BCUT2D eigenvalue weighted by Gasteiger charge is -2.22. The van der Waals surface area contributed by atoms with E-state index in [1.54, 1.807) is 13.8 Å². The molecule has 2 N–H and O–H groups in total. The molecule has 2 aliphatic heterocycles. The van der Waals surface area contributed by atoms with E-state index in [0.29, 0.717) is 0 Å². The zero-order valence-electron chi connectivity index (χ0n) is 8.54. The number of cyclic esters (lactones) is 1. The number of fused-ring (bicyclic) bond motifs is 1. The van der Waals surface area contributed by atoms with E-state index >= 15 is 0 Å². The third-order valence-corrected chi connectivity index (χ3v) is 2.49. The van der Waals surface area contributed by atoms with Gasteiger partial charge in [-0.25, -0.2) is 4.79 Å². The van der Waals surface area contributed by atoms with E-state index < -0.39 is 36.2 Å². The Hall–Kier alpha value is -0.690. The minimum absolute atomic E-state index is 0.236. The van der Waals surface area contributed by atoms with Gasteiger partial charge in [-0.15, -0.1) is 0 Å². The third kappa shape index (κ3) is 1.85. The molecule has 0 radical (unpaired) electrons. The summed E-state index contributed by atoms with van der Waals surface area (Å²) in [4.78, 5) is 11.4. The van der Waals surface area contributed by atoms with Crippen molar-refractivity contribution in [2.75, 3.05) is 6.61 Å². The van der Waals surface area contributed by atoms with Crippen molar-refractivity contribution in [3.63, 3.8) is 0 Å². The van der Waals surface area contributed by atoms with Crippen molar-refractivity contribution in [1.29, 1.82) is 0 Å². The standard InChI is InChI=1S/C9H14O6/c1-9(2)14-6-5(11)4(10)3-13-8(12)7(6)15-9/h4-7,10-11H,3H2,1-2H3/t4-,5+,6-,7-/m0/s1. The largest absolute Gasteiger partial charge is 0.461 e. The van der Waals surface area contributed by atoms with Crippen LogP contribution < -0.4 is 0 Å². The van der Waals surface area contributed by atoms with Crippen LogP contribution in [0.5, 0.6) is 0 Å². The molecule has 0 aliphatic carbocycles. The zero-order valence-corrected chi connectivity index (χ0v) is 8.54. The highest BCUT2D eigenvalue weighted by atomic mass is 16.8. The fourth-order valence-corrected chi connectivity index (χ4v) is 1.79. The highest BCUT2D eigenvalue weighted by Crippen LogP contribution is 2.32. The number of aliphatic hydroxyl groups is 2. The summed E-state index contributed by atoms with van der Waals surface area (Å²) in [5.41, 5.74) is 0. The van der Waals surface area contributed by atoms with E-state index in [9.17, 15) is 15.0 Å². The first-order valence-electron chi connectivity index (χ1n) is 4.79. The van der Waals surface area contributed by atoms with Gasteiger partial charge in [0.15, 0.2) is 11.9 Å². The van der Waals surface area contributed by atoms with Crippen LogP contribution in [-0.4, -0.2) is 53.0 Å². The van der Waals surface area contributed by atoms with Crippen LogP contribution in [0.4, 0.5) is 0 Å². The smallest absolute Gasteiger partial charge is 0.338 e. The summed E-state index contributed by atoms with van der Waals surface area (Å²) in [5, 5.41) is 19.1. The summed E-state index contributed by atoms with van der Waals surface area (Å²) in [6, 6.07) is 0. The average Bonchev–Trinajstić information content (AvgIpc) is 2.44. The van der Waals surface area contributed by atoms with Crippen molar-refractivity contribution in [1.82, 2.24) is 0 Å². The molecule has 0 spiro atoms. The van der Waals surface area contributed by atoms with Gasteiger partial charge in [-0.2, -0.15) is 0 Å². The second-order valence-corrected chi connectivity index (χ2v) is 4.21. The predicted molar refractivity (Wildman–Crippen MR) is 46.8 cm³/mol. The van der Waals surface area contributed by atoms with Gasteiger partial charge in [0.1, 0.15) is 24.9 Å². The van der Waals surface area contributed by atoms with Crippen molar-refractivity contribution in [3.8, 4) is 0 Å². The molecule has 6 nitrogen and oxygen atoms in total. The normalized spacial score (nSPS) is 44.4. The summed E-state index contributed by atoms with van der Waals surface area (Å²) in [6.07, 6.45) is -4.15. The summed E-state index contributed by atoms with van der Waals surface area (Å²) in [7, 11) is 0. The summed E-state index contributed by atoms with van der Waals surface area (Å²) >= 11 is 0. The Balaban J connectivity index is 2.24. The lowest BCUT2D eigenvalue weighted by molar-refractivity contribution is -0.181. The lowest BCUT2D eigenvalue weighted by atomic mass is 10.1. The molecule has 6 heteroatoms. The van der Waals surface area contributed by atoms with Crippen molar-refractivity contribution >= 4 is 5.97 Å². The van der Waals surface area contributed by atoms with Gasteiger partial charge in [0.05, 0.1) is 0 Å². The van der Waals surface area contributed by atoms with Crippen LogP contribution in [0.25, 0.3) is 0 Å². The van der Waals surface area contributed by atoms with Gasteiger partial charge in [-0.3, -0.25) is 0 Å². The number of carbonyl (C=O) groups is 1. The van der Waals surface area contributed by atoms with Gasteiger partial charge in [0, 0.05) is 0 Å². The Kier molecular flexibility index (Phi) is 2.46. The molecule has 2 heterocycles. The van der Waals surface area contributed by atoms with Gasteiger partial charge < -0.3 is 24.4 Å². The monoisotopic (exact) mass is 218 g/mol. The number of aliphatic hydroxyl groups excluding tert-OH is 2. The van der Waals surface area contributed by atoms with E-state index in [1.165, 1.54) is 0 Å². The lowest BCUT2D eigenvalue weighted by Crippen LogP contribution is -2.43. The van der Waals surface area contributed by atoms with E-state index in [0.717, 1.165) is 0 Å². The molecular weight excluding hydrogens is 204 g/mol. The quantitative estimate of drug-likeness (QED) is 0.496. The highest BCUT2D eigenvalue weighted by Gasteiger charge is 2.52. The van der Waals surface area contributed by atoms with Crippen LogP contribution in [0.3, 0.4) is 0 Å². The molecule has 0 saturated carbocycles. The van der Waals surface area contributed by atoms with Gasteiger partial charge in [-0.1, -0.05) is 0 Å². The van der Waals surface area contributed by atoms with Gasteiger partial charge >= 0.3 is 5.97 Å². The molecule has 86 valence electrons. The molecule has 0 amide bonds. The number of rotatable bonds is 0. The predicted octanol–water partition coefficient (Wildman–Crippen LogP) is -1.21. The van der Waals surface area contributed by atoms with Crippen LogP contribution in [0.1, 0.15) is 13.8 Å². The van der Waals surface area contributed by atoms with Crippen LogP contribution in [0.15, 0.2) is 0 Å². The molecule has 0 unspecified atom stereocenters. The van der Waals surface area contributed by atoms with Crippen molar-refractivity contribution in [2.24, 2.45) is 0 Å². The maximum Gasteiger partial charge on any atom is 0.338 e. The molecule has 2 saturated heterocycles. The SMILES string of the molecule is CC1(C)O[C@H]2[C@H](O)[C@@H](O)COC(=O)[C@H]2O1. The van der Waals surface area contributed by atoms with Crippen LogP contribution in [0.2, 0.25) is 0 Å². The number of esters is 1. The highest BCUT2D eigenvalue weighted by molar-refractivity contribution is 5.76. The van der Waals surface area contributed by atoms with E-state index in [2.05, 4.69) is 0 Å². The first-order chi connectivity index (χ1) is 6.91. The first kappa shape index (κ1) is 10.8. The van der Waals surface area contributed by atoms with Crippen LogP contribution in [0, 0.1) is 0 Å². The molecule has 15 heavy (non-hydrogen) atoms. The topological polar surface area (TPSA) is 85.2 Å². The molecule has 2 aliphatic rings. The van der Waals surface area contributed by atoms with Crippen LogP contribution >= 0.6 is 0 Å². The Morgan fingerprint density at radius 2 is 2.00 bits per heavy atom. The van der Waals surface area contributed by atoms with Gasteiger partial charge in [0.2, 0.25) is 0 Å². The van der Waals surface area contributed by atoms with Gasteiger partial charge in [-0.05, 0) is 13.8 Å². The zero-order chi connectivity index (χ0) is 11.2. The maximum atomic E-state index is 11.4. The molecule has 0 aromatic rings. The Morgan fingerprint density at radius 3 is 2.67 bits per heavy atom. The van der Waals surface area contributed by atoms with E-state index in [1.807, 2.05) is 0 Å². The minimum atomic E-state index is -1.18. The van der Waals surface area contributed by atoms with Gasteiger partial charge in [0.25, 0.3) is 0 Å². The second-order valence-electron chi connectivity index (χ2n) is 4.21. The third-order valence-electron chi connectivity index (χ3n) is 2.49. The minimum Gasteiger partial charge on any atom is -0.461 e.